The number of rotatable bonds is 4. The molecular formula is C12H13F3N4. The molecule has 102 valence electrons. The van der Waals surface area contributed by atoms with Gasteiger partial charge in [0.15, 0.2) is 0 Å². The molecule has 0 fully saturated rings. The number of halogens is 3. The second-order valence-electron chi connectivity index (χ2n) is 4.08. The Kier molecular flexibility index (Phi) is 3.84. The first-order valence-corrected chi connectivity index (χ1v) is 5.78. The van der Waals surface area contributed by atoms with Crippen LogP contribution < -0.4 is 5.73 Å². The molecule has 0 bridgehead atoms. The summed E-state index contributed by atoms with van der Waals surface area (Å²) in [5.74, 6) is 0. The summed E-state index contributed by atoms with van der Waals surface area (Å²) < 4.78 is 38.9. The van der Waals surface area contributed by atoms with Crippen LogP contribution in [0.1, 0.15) is 12.0 Å². The summed E-state index contributed by atoms with van der Waals surface area (Å²) in [6.07, 6.45) is -1.86. The lowest BCUT2D eigenvalue weighted by Gasteiger charge is -2.06. The molecule has 0 spiro atoms. The summed E-state index contributed by atoms with van der Waals surface area (Å²) in [4.78, 5) is 0. The van der Waals surface area contributed by atoms with E-state index >= 15 is 0 Å². The van der Waals surface area contributed by atoms with Crippen molar-refractivity contribution in [1.82, 2.24) is 15.0 Å². The highest BCUT2D eigenvalue weighted by Gasteiger charge is 2.30. The average Bonchev–Trinajstić information content (AvgIpc) is 2.84. The highest BCUT2D eigenvalue weighted by atomic mass is 19.4. The zero-order valence-corrected chi connectivity index (χ0v) is 10.1. The monoisotopic (exact) mass is 270 g/mol. The summed E-state index contributed by atoms with van der Waals surface area (Å²) in [5.41, 5.74) is 5.86. The molecular weight excluding hydrogens is 257 g/mol. The number of aromatic nitrogens is 3. The van der Waals surface area contributed by atoms with Gasteiger partial charge in [0.05, 0.1) is 11.8 Å². The Bertz CT molecular complexity index is 531. The van der Waals surface area contributed by atoms with Crippen molar-refractivity contribution in [2.75, 3.05) is 6.54 Å². The third kappa shape index (κ3) is 3.31. The van der Waals surface area contributed by atoms with E-state index in [0.717, 1.165) is 18.6 Å². The van der Waals surface area contributed by atoms with Gasteiger partial charge in [-0.15, -0.1) is 5.10 Å². The smallest absolute Gasteiger partial charge is 0.330 e. The molecule has 7 heteroatoms. The number of nitrogens with two attached hydrogens (primary N) is 1. The fraction of sp³-hybridized carbons (Fsp3) is 0.333. The summed E-state index contributed by atoms with van der Waals surface area (Å²) in [7, 11) is 0. The number of aryl methyl sites for hydroxylation is 1. The van der Waals surface area contributed by atoms with E-state index in [4.69, 9.17) is 5.73 Å². The van der Waals surface area contributed by atoms with Crippen LogP contribution in [0.2, 0.25) is 0 Å². The molecule has 2 aromatic rings. The molecule has 1 aromatic carbocycles. The number of benzene rings is 1. The Balaban J connectivity index is 2.16. The third-order valence-electron chi connectivity index (χ3n) is 2.64. The molecule has 0 aliphatic heterocycles. The number of nitrogens with zero attached hydrogens (tertiary/aromatic N) is 3. The third-order valence-corrected chi connectivity index (χ3v) is 2.64. The van der Waals surface area contributed by atoms with Gasteiger partial charge in [0.25, 0.3) is 0 Å². The van der Waals surface area contributed by atoms with E-state index in [9.17, 15) is 13.2 Å². The summed E-state index contributed by atoms with van der Waals surface area (Å²) in [6, 6.07) is 4.85. The van der Waals surface area contributed by atoms with Gasteiger partial charge in [0.1, 0.15) is 5.69 Å². The highest BCUT2D eigenvalue weighted by molar-refractivity contribution is 5.58. The van der Waals surface area contributed by atoms with E-state index in [1.807, 2.05) is 0 Å². The van der Waals surface area contributed by atoms with E-state index in [-0.39, 0.29) is 0 Å². The van der Waals surface area contributed by atoms with Gasteiger partial charge in [-0.05, 0) is 25.1 Å². The van der Waals surface area contributed by atoms with Gasteiger partial charge in [0, 0.05) is 12.1 Å². The lowest BCUT2D eigenvalue weighted by atomic mass is 10.1. The highest BCUT2D eigenvalue weighted by Crippen LogP contribution is 2.30. The van der Waals surface area contributed by atoms with E-state index in [2.05, 4.69) is 10.3 Å². The second-order valence-corrected chi connectivity index (χ2v) is 4.08. The number of hydrogen-bond acceptors (Lipinski definition) is 3. The molecule has 0 saturated heterocycles. The van der Waals surface area contributed by atoms with Crippen molar-refractivity contribution in [3.05, 3.63) is 36.0 Å². The van der Waals surface area contributed by atoms with Crippen molar-refractivity contribution in [1.29, 1.82) is 0 Å². The Labute approximate surface area is 108 Å². The Morgan fingerprint density at radius 2 is 1.84 bits per heavy atom. The largest absolute Gasteiger partial charge is 0.416 e. The maximum absolute atomic E-state index is 12.4. The lowest BCUT2D eigenvalue weighted by Crippen LogP contribution is -2.06. The van der Waals surface area contributed by atoms with Gasteiger partial charge in [0.2, 0.25) is 0 Å². The fourth-order valence-electron chi connectivity index (χ4n) is 1.62. The standard InChI is InChI=1S/C12H13F3N4/c13-12(14,15)10-4-2-9(3-5-10)11-8-19(18-17-11)7-1-6-16/h2-5,8H,1,6-7,16H2. The van der Waals surface area contributed by atoms with Gasteiger partial charge in [-0.1, -0.05) is 17.3 Å². The molecule has 0 aliphatic carbocycles. The van der Waals surface area contributed by atoms with E-state index in [1.165, 1.54) is 12.1 Å². The van der Waals surface area contributed by atoms with Crippen LogP contribution in [-0.2, 0) is 12.7 Å². The Morgan fingerprint density at radius 1 is 1.16 bits per heavy atom. The van der Waals surface area contributed by atoms with Gasteiger partial charge < -0.3 is 5.73 Å². The van der Waals surface area contributed by atoms with Gasteiger partial charge in [-0.3, -0.25) is 4.68 Å². The van der Waals surface area contributed by atoms with Crippen LogP contribution in [0.5, 0.6) is 0 Å². The quantitative estimate of drug-likeness (QED) is 0.927. The predicted octanol–water partition coefficient (Wildman–Crippen LogP) is 2.31. The zero-order valence-electron chi connectivity index (χ0n) is 10.1. The topological polar surface area (TPSA) is 56.7 Å². The first-order valence-electron chi connectivity index (χ1n) is 5.78. The minimum atomic E-state index is -4.32. The minimum absolute atomic E-state index is 0.547. The molecule has 0 atom stereocenters. The fourth-order valence-corrected chi connectivity index (χ4v) is 1.62. The summed E-state index contributed by atoms with van der Waals surface area (Å²) in [5, 5.41) is 7.81. The van der Waals surface area contributed by atoms with E-state index in [0.29, 0.717) is 24.3 Å². The molecule has 1 heterocycles. The molecule has 0 unspecified atom stereocenters. The molecule has 0 amide bonds. The minimum Gasteiger partial charge on any atom is -0.330 e. The molecule has 1 aromatic heterocycles. The maximum atomic E-state index is 12.4. The van der Waals surface area contributed by atoms with Crippen LogP contribution in [0.4, 0.5) is 13.2 Å². The first-order chi connectivity index (χ1) is 9.00. The molecule has 19 heavy (non-hydrogen) atoms. The first kappa shape index (κ1) is 13.5. The van der Waals surface area contributed by atoms with Crippen LogP contribution in [0.15, 0.2) is 30.5 Å². The molecule has 0 saturated carbocycles. The average molecular weight is 270 g/mol. The molecule has 0 aliphatic rings. The Morgan fingerprint density at radius 3 is 2.42 bits per heavy atom. The van der Waals surface area contributed by atoms with Crippen molar-refractivity contribution >= 4 is 0 Å². The van der Waals surface area contributed by atoms with Gasteiger partial charge in [-0.2, -0.15) is 13.2 Å². The van der Waals surface area contributed by atoms with Crippen molar-refractivity contribution in [2.24, 2.45) is 5.73 Å². The van der Waals surface area contributed by atoms with Crippen molar-refractivity contribution in [3.8, 4) is 11.3 Å². The van der Waals surface area contributed by atoms with Crippen LogP contribution in [-0.4, -0.2) is 21.5 Å². The lowest BCUT2D eigenvalue weighted by molar-refractivity contribution is -0.137. The summed E-state index contributed by atoms with van der Waals surface area (Å²) >= 11 is 0. The van der Waals surface area contributed by atoms with Crippen LogP contribution in [0, 0.1) is 0 Å². The number of hydrogen-bond donors (Lipinski definition) is 1. The zero-order chi connectivity index (χ0) is 13.9. The molecule has 2 N–H and O–H groups in total. The maximum Gasteiger partial charge on any atom is 0.416 e. The van der Waals surface area contributed by atoms with Crippen molar-refractivity contribution < 1.29 is 13.2 Å². The van der Waals surface area contributed by atoms with Crippen LogP contribution >= 0.6 is 0 Å². The molecule has 4 nitrogen and oxygen atoms in total. The van der Waals surface area contributed by atoms with Crippen LogP contribution in [0.25, 0.3) is 11.3 Å². The Hall–Kier alpha value is -1.89. The van der Waals surface area contributed by atoms with Crippen molar-refractivity contribution in [2.45, 2.75) is 19.1 Å². The van der Waals surface area contributed by atoms with Gasteiger partial charge in [-0.25, -0.2) is 0 Å². The van der Waals surface area contributed by atoms with Crippen molar-refractivity contribution in [3.63, 3.8) is 0 Å². The molecule has 0 radical (unpaired) electrons. The second kappa shape index (κ2) is 5.40. The van der Waals surface area contributed by atoms with E-state index < -0.39 is 11.7 Å². The van der Waals surface area contributed by atoms with E-state index in [1.54, 1.807) is 10.9 Å². The number of alkyl halides is 3. The normalized spacial score (nSPS) is 11.8. The SMILES string of the molecule is NCCCn1cc(-c2ccc(C(F)(F)F)cc2)nn1. The van der Waals surface area contributed by atoms with Crippen LogP contribution in [0.3, 0.4) is 0 Å². The predicted molar refractivity (Wildman–Crippen MR) is 64.1 cm³/mol. The summed E-state index contributed by atoms with van der Waals surface area (Å²) in [6.45, 7) is 1.19. The molecule has 2 rings (SSSR count). The van der Waals surface area contributed by atoms with Gasteiger partial charge >= 0.3 is 6.18 Å².